The fourth-order valence-corrected chi connectivity index (χ4v) is 4.69. The quantitative estimate of drug-likeness (QED) is 0.171. The standard InChI is InChI=1S/C29H30N6O6/c1-5-8-23-30-25(29(3,4)38)24(27(36)39-16-22-17(2)40-28(37)41-22)35(23)15-18-11-13-19(14-12-18)20-9-6-7-10-21(20)26-31-33-34-32-26/h6-7,9-14,38H,5,8,15-16H2,1-4H3,(H,31,32,33,34)/p+1. The molecule has 0 aliphatic heterocycles. The van der Waals surface area contributed by atoms with E-state index in [0.717, 1.165) is 34.5 Å². The number of carbonyl (C=O) groups is 1. The third-order valence-corrected chi connectivity index (χ3v) is 6.68. The molecule has 0 fully saturated rings. The number of nitrogens with zero attached hydrogens (tertiary/aromatic N) is 4. The highest BCUT2D eigenvalue weighted by atomic mass is 16.6. The first-order valence-electron chi connectivity index (χ1n) is 13.2. The van der Waals surface area contributed by atoms with Crippen molar-refractivity contribution in [2.24, 2.45) is 0 Å². The van der Waals surface area contributed by atoms with E-state index < -0.39 is 17.4 Å². The molecule has 5 rings (SSSR count). The van der Waals surface area contributed by atoms with Crippen LogP contribution in [0.1, 0.15) is 66.3 Å². The lowest BCUT2D eigenvalue weighted by molar-refractivity contribution is -0.697. The fraction of sp³-hybridized carbons (Fsp3) is 0.310. The number of aromatic amines is 2. The molecule has 0 radical (unpaired) electrons. The van der Waals surface area contributed by atoms with Gasteiger partial charge in [-0.15, -0.1) is 10.2 Å². The first kappa shape index (κ1) is 27.7. The Balaban J connectivity index is 1.48. The summed E-state index contributed by atoms with van der Waals surface area (Å²) in [5, 5.41) is 25.3. The lowest BCUT2D eigenvalue weighted by Crippen LogP contribution is -2.44. The van der Waals surface area contributed by atoms with Gasteiger partial charge in [0.15, 0.2) is 23.8 Å². The molecule has 12 nitrogen and oxygen atoms in total. The maximum atomic E-state index is 13.5. The van der Waals surface area contributed by atoms with Gasteiger partial charge in [0.05, 0.1) is 0 Å². The van der Waals surface area contributed by atoms with E-state index in [2.05, 4.69) is 25.6 Å². The molecule has 0 bridgehead atoms. The molecule has 0 unspecified atom stereocenters. The lowest BCUT2D eigenvalue weighted by Gasteiger charge is -2.13. The van der Waals surface area contributed by atoms with Gasteiger partial charge in [-0.2, -0.15) is 5.21 Å². The monoisotopic (exact) mass is 559 g/mol. The van der Waals surface area contributed by atoms with Crippen molar-refractivity contribution in [1.29, 1.82) is 0 Å². The van der Waals surface area contributed by atoms with Crippen LogP contribution in [0.4, 0.5) is 0 Å². The number of hydrogen-bond acceptors (Lipinski definition) is 9. The lowest BCUT2D eigenvalue weighted by atomic mass is 9.98. The number of esters is 1. The molecule has 3 aromatic heterocycles. The number of tetrazole rings is 1. The van der Waals surface area contributed by atoms with Crippen molar-refractivity contribution in [1.82, 2.24) is 25.6 Å². The van der Waals surface area contributed by atoms with Crippen molar-refractivity contribution in [2.45, 2.75) is 59.3 Å². The van der Waals surface area contributed by atoms with Crippen LogP contribution in [-0.4, -0.2) is 36.7 Å². The van der Waals surface area contributed by atoms with E-state index in [0.29, 0.717) is 24.5 Å². The van der Waals surface area contributed by atoms with Crippen molar-refractivity contribution in [3.63, 3.8) is 0 Å². The summed E-state index contributed by atoms with van der Waals surface area (Å²) in [6.45, 7) is 6.85. The zero-order chi connectivity index (χ0) is 29.1. The summed E-state index contributed by atoms with van der Waals surface area (Å²) in [6.07, 6.45) is 1.45. The Bertz CT molecular complexity index is 1710. The van der Waals surface area contributed by atoms with Gasteiger partial charge in [-0.25, -0.2) is 19.1 Å². The van der Waals surface area contributed by atoms with Crippen molar-refractivity contribution < 1.29 is 28.0 Å². The molecule has 2 aromatic carbocycles. The Kier molecular flexibility index (Phi) is 7.66. The molecule has 212 valence electrons. The van der Waals surface area contributed by atoms with E-state index in [9.17, 15) is 14.7 Å². The van der Waals surface area contributed by atoms with Crippen LogP contribution in [0.2, 0.25) is 0 Å². The maximum Gasteiger partial charge on any atom is 0.519 e. The van der Waals surface area contributed by atoms with Crippen LogP contribution in [0.5, 0.6) is 0 Å². The zero-order valence-electron chi connectivity index (χ0n) is 23.2. The van der Waals surface area contributed by atoms with E-state index in [1.807, 2.05) is 60.0 Å². The average molecular weight is 560 g/mol. The molecule has 0 saturated heterocycles. The summed E-state index contributed by atoms with van der Waals surface area (Å²) in [5.41, 5.74) is 2.87. The predicted octanol–water partition coefficient (Wildman–Crippen LogP) is 3.59. The number of ether oxygens (including phenoxy) is 1. The van der Waals surface area contributed by atoms with Crippen molar-refractivity contribution in [3.8, 4) is 22.5 Å². The SMILES string of the molecule is CCCc1[nH]c(C(C)(C)O)c(C(=O)OCc2oc(=O)oc2C)[n+]1Cc1ccc(-c2ccccc2-c2nn[nH]n2)cc1. The second kappa shape index (κ2) is 11.3. The van der Waals surface area contributed by atoms with Crippen molar-refractivity contribution >= 4 is 5.97 Å². The number of aliphatic hydroxyl groups is 1. The van der Waals surface area contributed by atoms with Gasteiger partial charge < -0.3 is 18.7 Å². The number of nitrogens with one attached hydrogen (secondary N) is 2. The molecular formula is C29H31N6O6+. The topological polar surface area (TPSA) is 164 Å². The number of hydrogen-bond donors (Lipinski definition) is 3. The summed E-state index contributed by atoms with van der Waals surface area (Å²) in [6, 6.07) is 15.8. The van der Waals surface area contributed by atoms with Crippen LogP contribution in [0.25, 0.3) is 22.5 Å². The second-order valence-electron chi connectivity index (χ2n) is 10.2. The maximum absolute atomic E-state index is 13.5. The first-order valence-corrected chi connectivity index (χ1v) is 13.2. The molecule has 3 heterocycles. The number of benzene rings is 2. The number of H-pyrrole nitrogens is 2. The van der Waals surface area contributed by atoms with E-state index in [1.54, 1.807) is 20.8 Å². The summed E-state index contributed by atoms with van der Waals surface area (Å²) in [7, 11) is 0. The number of carbonyl (C=O) groups excluding carboxylic acids is 1. The van der Waals surface area contributed by atoms with E-state index in [1.165, 1.54) is 0 Å². The van der Waals surface area contributed by atoms with Gasteiger partial charge in [0.1, 0.15) is 12.1 Å². The number of rotatable bonds is 10. The normalized spacial score (nSPS) is 11.6. The number of imidazole rings is 1. The van der Waals surface area contributed by atoms with E-state index in [4.69, 9.17) is 13.6 Å². The molecule has 0 amide bonds. The molecule has 0 atom stereocenters. The Morgan fingerprint density at radius 1 is 1.10 bits per heavy atom. The van der Waals surface area contributed by atoms with Crippen LogP contribution in [0.3, 0.4) is 0 Å². The Labute approximate surface area is 235 Å². The summed E-state index contributed by atoms with van der Waals surface area (Å²) in [4.78, 5) is 28.2. The van der Waals surface area contributed by atoms with Gasteiger partial charge in [0.25, 0.3) is 11.5 Å². The van der Waals surface area contributed by atoms with Crippen LogP contribution in [-0.2, 0) is 29.9 Å². The van der Waals surface area contributed by atoms with Crippen molar-refractivity contribution in [2.75, 3.05) is 0 Å². The Morgan fingerprint density at radius 2 is 1.83 bits per heavy atom. The van der Waals surface area contributed by atoms with Gasteiger partial charge in [0.2, 0.25) is 5.82 Å². The average Bonchev–Trinajstić information content (AvgIpc) is 3.67. The highest BCUT2D eigenvalue weighted by molar-refractivity contribution is 5.87. The number of aryl methyl sites for hydroxylation is 2. The van der Waals surface area contributed by atoms with E-state index in [-0.39, 0.29) is 23.8 Å². The third-order valence-electron chi connectivity index (χ3n) is 6.68. The summed E-state index contributed by atoms with van der Waals surface area (Å²) < 4.78 is 17.2. The molecular weight excluding hydrogens is 528 g/mol. The highest BCUT2D eigenvalue weighted by Crippen LogP contribution is 2.30. The minimum atomic E-state index is -1.36. The minimum Gasteiger partial charge on any atom is -0.451 e. The largest absolute Gasteiger partial charge is 0.519 e. The Morgan fingerprint density at radius 3 is 2.44 bits per heavy atom. The summed E-state index contributed by atoms with van der Waals surface area (Å²) in [5.74, 6) is 0.101. The smallest absolute Gasteiger partial charge is 0.451 e. The second-order valence-corrected chi connectivity index (χ2v) is 10.2. The first-order chi connectivity index (χ1) is 19.7. The fourth-order valence-electron chi connectivity index (χ4n) is 4.69. The minimum absolute atomic E-state index is 0.126. The summed E-state index contributed by atoms with van der Waals surface area (Å²) >= 11 is 0. The third kappa shape index (κ3) is 5.87. The molecule has 0 aliphatic rings. The molecule has 41 heavy (non-hydrogen) atoms. The highest BCUT2D eigenvalue weighted by Gasteiger charge is 2.38. The van der Waals surface area contributed by atoms with Gasteiger partial charge in [-0.1, -0.05) is 55.5 Å². The van der Waals surface area contributed by atoms with Crippen LogP contribution >= 0.6 is 0 Å². The molecule has 0 spiro atoms. The molecule has 3 N–H and O–H groups in total. The zero-order valence-corrected chi connectivity index (χ0v) is 23.2. The van der Waals surface area contributed by atoms with Crippen molar-refractivity contribution in [3.05, 3.63) is 93.4 Å². The van der Waals surface area contributed by atoms with Gasteiger partial charge in [-0.3, -0.25) is 0 Å². The van der Waals surface area contributed by atoms with Crippen LogP contribution in [0.15, 0.2) is 62.2 Å². The predicted molar refractivity (Wildman–Crippen MR) is 145 cm³/mol. The Hall–Kier alpha value is -4.84. The molecule has 0 saturated carbocycles. The van der Waals surface area contributed by atoms with Gasteiger partial charge in [0, 0.05) is 12.0 Å². The molecule has 5 aromatic rings. The van der Waals surface area contributed by atoms with E-state index >= 15 is 0 Å². The van der Waals surface area contributed by atoms with Gasteiger partial charge in [-0.05, 0) is 49.1 Å². The van der Waals surface area contributed by atoms with Crippen LogP contribution in [0, 0.1) is 6.92 Å². The molecule has 0 aliphatic carbocycles. The number of aromatic nitrogens is 6. The molecule has 12 heteroatoms. The van der Waals surface area contributed by atoms with Crippen LogP contribution < -0.4 is 10.4 Å². The van der Waals surface area contributed by atoms with Gasteiger partial charge >= 0.3 is 11.8 Å².